The summed E-state index contributed by atoms with van der Waals surface area (Å²) >= 11 is 0. The maximum absolute atomic E-state index is 11.6. The van der Waals surface area contributed by atoms with Gasteiger partial charge in [-0.15, -0.1) is 0 Å². The largest absolute Gasteiger partial charge is 0.396 e. The summed E-state index contributed by atoms with van der Waals surface area (Å²) in [7, 11) is -4.02. The summed E-state index contributed by atoms with van der Waals surface area (Å²) in [5, 5.41) is 14.3. The van der Waals surface area contributed by atoms with Gasteiger partial charge in [0.2, 0.25) is 0 Å². The lowest BCUT2D eigenvalue weighted by Crippen LogP contribution is -2.75. The fraction of sp³-hybridized carbons (Fsp3) is 0.333. The Kier molecular flexibility index (Phi) is 4.29. The van der Waals surface area contributed by atoms with Crippen molar-refractivity contribution in [2.75, 3.05) is 0 Å². The molecule has 0 saturated heterocycles. The number of hydrogen-bond acceptors (Lipinski definition) is 1. The molecule has 1 nitrogen and oxygen atoms in total. The molecule has 3 heteroatoms. The number of benzene rings is 2. The predicted octanol–water partition coefficient (Wildman–Crippen LogP) is 3.05. The standard InChI is InChI=1S/C18H26OSi2/c1-18(19,20(2,3)16-12-8-6-9-13-16)21(4,5)17-14-10-7-11-15-17/h6-15,19H,1-5H3. The highest BCUT2D eigenvalue weighted by Crippen LogP contribution is 2.30. The van der Waals surface area contributed by atoms with Gasteiger partial charge in [-0.2, -0.15) is 0 Å². The van der Waals surface area contributed by atoms with Gasteiger partial charge in [-0.05, 0) is 6.92 Å². The SMILES string of the molecule is CC(O)([Si](C)(C)c1ccccc1)[Si](C)(C)c1ccccc1. The van der Waals surface area contributed by atoms with Gasteiger partial charge >= 0.3 is 0 Å². The van der Waals surface area contributed by atoms with E-state index in [1.165, 1.54) is 10.4 Å². The molecule has 21 heavy (non-hydrogen) atoms. The molecule has 0 heterocycles. The van der Waals surface area contributed by atoms with Gasteiger partial charge in [-0.1, -0.05) is 97.2 Å². The van der Waals surface area contributed by atoms with E-state index in [0.717, 1.165) is 0 Å². The molecule has 2 aromatic rings. The van der Waals surface area contributed by atoms with Crippen LogP contribution in [0.4, 0.5) is 0 Å². The summed E-state index contributed by atoms with van der Waals surface area (Å²) in [6.07, 6.45) is 0. The summed E-state index contributed by atoms with van der Waals surface area (Å²) < 4.78 is 0. The van der Waals surface area contributed by atoms with Crippen LogP contribution in [0.25, 0.3) is 0 Å². The smallest absolute Gasteiger partial charge is 0.113 e. The van der Waals surface area contributed by atoms with Gasteiger partial charge in [-0.3, -0.25) is 0 Å². The highest BCUT2D eigenvalue weighted by molar-refractivity contribution is 7.09. The summed E-state index contributed by atoms with van der Waals surface area (Å²) in [5.41, 5.74) is 0. The number of aliphatic hydroxyl groups is 1. The third-order valence-electron chi connectivity index (χ3n) is 5.42. The van der Waals surface area contributed by atoms with Crippen molar-refractivity contribution >= 4 is 26.5 Å². The lowest BCUT2D eigenvalue weighted by Gasteiger charge is -2.48. The van der Waals surface area contributed by atoms with Crippen molar-refractivity contribution in [1.82, 2.24) is 0 Å². The molecule has 0 aromatic heterocycles. The predicted molar refractivity (Wildman–Crippen MR) is 97.7 cm³/mol. The molecule has 0 spiro atoms. The molecule has 2 rings (SSSR count). The van der Waals surface area contributed by atoms with E-state index in [2.05, 4.69) is 81.6 Å². The third kappa shape index (κ3) is 2.66. The monoisotopic (exact) mass is 314 g/mol. The molecule has 0 fully saturated rings. The van der Waals surface area contributed by atoms with Gasteiger partial charge < -0.3 is 5.11 Å². The minimum absolute atomic E-state index is 0.622. The summed E-state index contributed by atoms with van der Waals surface area (Å²) in [5.74, 6) is 0. The van der Waals surface area contributed by atoms with Crippen LogP contribution in [0.1, 0.15) is 6.92 Å². The van der Waals surface area contributed by atoms with Crippen LogP contribution < -0.4 is 10.4 Å². The van der Waals surface area contributed by atoms with Gasteiger partial charge in [-0.25, -0.2) is 0 Å². The first-order chi connectivity index (χ1) is 9.71. The van der Waals surface area contributed by atoms with Crippen molar-refractivity contribution < 1.29 is 5.11 Å². The second-order valence-electron chi connectivity index (χ2n) is 7.05. The summed E-state index contributed by atoms with van der Waals surface area (Å²) in [6.45, 7) is 11.2. The van der Waals surface area contributed by atoms with Crippen molar-refractivity contribution in [2.24, 2.45) is 0 Å². The topological polar surface area (TPSA) is 20.2 Å². The fourth-order valence-electron chi connectivity index (χ4n) is 3.05. The Morgan fingerprint density at radius 3 is 1.24 bits per heavy atom. The molecule has 1 N–H and O–H groups in total. The number of rotatable bonds is 4. The second kappa shape index (κ2) is 5.56. The van der Waals surface area contributed by atoms with E-state index in [1.807, 2.05) is 12.1 Å². The normalized spacial score (nSPS) is 13.2. The average Bonchev–Trinajstić information content (AvgIpc) is 2.48. The maximum Gasteiger partial charge on any atom is 0.113 e. The Balaban J connectivity index is 2.50. The molecule has 0 unspecified atom stereocenters. The van der Waals surface area contributed by atoms with E-state index in [4.69, 9.17) is 0 Å². The van der Waals surface area contributed by atoms with E-state index in [0.29, 0.717) is 0 Å². The average molecular weight is 315 g/mol. The van der Waals surface area contributed by atoms with Gasteiger partial charge in [0.25, 0.3) is 0 Å². The minimum atomic E-state index is -2.01. The fourth-order valence-corrected chi connectivity index (χ4v) is 13.3. The molecule has 112 valence electrons. The third-order valence-corrected chi connectivity index (χ3v) is 17.6. The van der Waals surface area contributed by atoms with E-state index in [1.54, 1.807) is 0 Å². The lowest BCUT2D eigenvalue weighted by atomic mass is 10.4. The van der Waals surface area contributed by atoms with Gasteiger partial charge in [0.05, 0.1) is 4.85 Å². The molecular weight excluding hydrogens is 288 g/mol. The van der Waals surface area contributed by atoms with Crippen molar-refractivity contribution in [1.29, 1.82) is 0 Å². The van der Waals surface area contributed by atoms with Crippen LogP contribution in [0.5, 0.6) is 0 Å². The Hall–Kier alpha value is -1.17. The zero-order chi connectivity index (χ0) is 15.7. The molecule has 0 aliphatic rings. The molecule has 0 aliphatic heterocycles. The first kappa shape index (κ1) is 16.2. The maximum atomic E-state index is 11.6. The molecule has 2 aromatic carbocycles. The van der Waals surface area contributed by atoms with Crippen LogP contribution in [0.15, 0.2) is 60.7 Å². The van der Waals surface area contributed by atoms with Gasteiger partial charge in [0, 0.05) is 0 Å². The van der Waals surface area contributed by atoms with Crippen LogP contribution in [-0.4, -0.2) is 26.1 Å². The first-order valence-electron chi connectivity index (χ1n) is 7.54. The molecular formula is C18H26OSi2. The Labute approximate surface area is 130 Å². The Morgan fingerprint density at radius 1 is 0.667 bits per heavy atom. The van der Waals surface area contributed by atoms with Gasteiger partial charge in [0.15, 0.2) is 0 Å². The molecule has 0 aliphatic carbocycles. The summed E-state index contributed by atoms with van der Waals surface area (Å²) in [6, 6.07) is 21.1. The molecule has 0 atom stereocenters. The van der Waals surface area contributed by atoms with Gasteiger partial charge in [0.1, 0.15) is 16.1 Å². The number of hydrogen-bond donors (Lipinski definition) is 1. The zero-order valence-corrected chi connectivity index (χ0v) is 15.7. The van der Waals surface area contributed by atoms with Crippen LogP contribution in [0, 0.1) is 0 Å². The van der Waals surface area contributed by atoms with Crippen LogP contribution in [-0.2, 0) is 0 Å². The minimum Gasteiger partial charge on any atom is -0.396 e. The van der Waals surface area contributed by atoms with Crippen molar-refractivity contribution in [3.63, 3.8) is 0 Å². The zero-order valence-electron chi connectivity index (χ0n) is 13.7. The highest BCUT2D eigenvalue weighted by Gasteiger charge is 2.54. The van der Waals surface area contributed by atoms with Crippen molar-refractivity contribution in [3.05, 3.63) is 60.7 Å². The first-order valence-corrected chi connectivity index (χ1v) is 13.5. The molecule has 0 saturated carbocycles. The highest BCUT2D eigenvalue weighted by atomic mass is 28.4. The van der Waals surface area contributed by atoms with E-state index < -0.39 is 21.0 Å². The van der Waals surface area contributed by atoms with Crippen LogP contribution in [0.3, 0.4) is 0 Å². The Bertz CT molecular complexity index is 536. The molecule has 0 radical (unpaired) electrons. The lowest BCUT2D eigenvalue weighted by molar-refractivity contribution is 0.212. The van der Waals surface area contributed by atoms with E-state index >= 15 is 0 Å². The molecule has 0 bridgehead atoms. The van der Waals surface area contributed by atoms with Crippen molar-refractivity contribution in [2.45, 2.75) is 38.0 Å². The van der Waals surface area contributed by atoms with E-state index in [-0.39, 0.29) is 0 Å². The summed E-state index contributed by atoms with van der Waals surface area (Å²) in [4.78, 5) is -0.622. The Morgan fingerprint density at radius 2 is 0.952 bits per heavy atom. The van der Waals surface area contributed by atoms with E-state index in [9.17, 15) is 5.11 Å². The van der Waals surface area contributed by atoms with Crippen molar-refractivity contribution in [3.8, 4) is 0 Å². The molecule has 0 amide bonds. The second-order valence-corrected chi connectivity index (χ2v) is 17.2. The quantitative estimate of drug-likeness (QED) is 0.860. The van der Waals surface area contributed by atoms with Crippen LogP contribution in [0.2, 0.25) is 26.2 Å². The van der Waals surface area contributed by atoms with Crippen LogP contribution >= 0.6 is 0 Å².